The number of fused-ring (bicyclic) bond motifs is 1. The number of para-hydroxylation sites is 1. The molecule has 0 fully saturated rings. The van der Waals surface area contributed by atoms with Crippen molar-refractivity contribution in [3.8, 4) is 0 Å². The lowest BCUT2D eigenvalue weighted by Gasteiger charge is -2.09. The number of rotatable bonds is 2. The average molecular weight is 281 g/mol. The average Bonchev–Trinajstić information content (AvgIpc) is 2.81. The molecule has 3 N–H and O–H groups in total. The summed E-state index contributed by atoms with van der Waals surface area (Å²) in [5, 5.41) is 2.83. The van der Waals surface area contributed by atoms with Crippen LogP contribution in [0.4, 0.5) is 11.4 Å². The number of anilines is 2. The van der Waals surface area contributed by atoms with Gasteiger partial charge in [-0.25, -0.2) is 4.98 Å². The van der Waals surface area contributed by atoms with Gasteiger partial charge in [0.25, 0.3) is 5.91 Å². The fraction of sp³-hybridized carbons (Fsp3) is 0.125. The van der Waals surface area contributed by atoms with Gasteiger partial charge in [-0.1, -0.05) is 12.1 Å². The highest BCUT2D eigenvalue weighted by molar-refractivity contribution is 6.08. The summed E-state index contributed by atoms with van der Waals surface area (Å²) in [6.07, 6.45) is 0. The number of nitrogen functional groups attached to an aromatic ring is 1. The van der Waals surface area contributed by atoms with Crippen LogP contribution in [0.5, 0.6) is 0 Å². The number of carbonyl (C=O) groups is 1. The van der Waals surface area contributed by atoms with Gasteiger partial charge in [0.05, 0.1) is 5.56 Å². The molecule has 0 bridgehead atoms. The summed E-state index contributed by atoms with van der Waals surface area (Å²) >= 11 is 0. The lowest BCUT2D eigenvalue weighted by molar-refractivity contribution is 0.102. The topological polar surface area (TPSA) is 81.2 Å². The lowest BCUT2D eigenvalue weighted by atomic mass is 10.1. The summed E-state index contributed by atoms with van der Waals surface area (Å²) in [6.45, 7) is 3.65. The number of nitrogens with zero attached hydrogens (tertiary/aromatic N) is 1. The van der Waals surface area contributed by atoms with Crippen molar-refractivity contribution < 1.29 is 9.21 Å². The highest BCUT2D eigenvalue weighted by atomic mass is 16.3. The molecule has 21 heavy (non-hydrogen) atoms. The largest absolute Gasteiger partial charge is 0.441 e. The Kier molecular flexibility index (Phi) is 3.10. The molecular weight excluding hydrogens is 266 g/mol. The molecule has 0 aliphatic carbocycles. The minimum Gasteiger partial charge on any atom is -0.441 e. The Bertz CT molecular complexity index is 837. The number of aryl methyl sites for hydroxylation is 2. The minimum absolute atomic E-state index is 0.240. The van der Waals surface area contributed by atoms with Gasteiger partial charge in [0.15, 0.2) is 11.5 Å². The van der Waals surface area contributed by atoms with E-state index in [1.165, 1.54) is 0 Å². The Hall–Kier alpha value is -2.82. The molecule has 5 heteroatoms. The predicted octanol–water partition coefficient (Wildman–Crippen LogP) is 3.28. The highest BCUT2D eigenvalue weighted by Crippen LogP contribution is 2.22. The first-order valence-corrected chi connectivity index (χ1v) is 6.58. The standard InChI is InChI=1S/C16H15N3O2/c1-9-4-3-5-12(15(9)17)16(20)19-11-6-7-14-13(8-11)18-10(2)21-14/h3-8H,17H2,1-2H3,(H,19,20). The van der Waals surface area contributed by atoms with Crippen molar-refractivity contribution in [1.82, 2.24) is 4.98 Å². The van der Waals surface area contributed by atoms with E-state index in [2.05, 4.69) is 10.3 Å². The first-order chi connectivity index (χ1) is 10.0. The predicted molar refractivity (Wildman–Crippen MR) is 82.3 cm³/mol. The molecular formula is C16H15N3O2. The highest BCUT2D eigenvalue weighted by Gasteiger charge is 2.12. The Morgan fingerprint density at radius 3 is 2.86 bits per heavy atom. The van der Waals surface area contributed by atoms with Crippen LogP contribution in [0.2, 0.25) is 0 Å². The van der Waals surface area contributed by atoms with E-state index < -0.39 is 0 Å². The van der Waals surface area contributed by atoms with Gasteiger partial charge in [-0.15, -0.1) is 0 Å². The second kappa shape index (κ2) is 4.94. The van der Waals surface area contributed by atoms with Gasteiger partial charge in [0.1, 0.15) is 5.52 Å². The molecule has 5 nitrogen and oxygen atoms in total. The normalized spacial score (nSPS) is 10.8. The molecule has 0 saturated carbocycles. The maximum absolute atomic E-state index is 12.3. The SMILES string of the molecule is Cc1nc2cc(NC(=O)c3cccc(C)c3N)ccc2o1. The number of carbonyl (C=O) groups excluding carboxylic acids is 1. The maximum atomic E-state index is 12.3. The number of nitrogens with two attached hydrogens (primary N) is 1. The molecule has 106 valence electrons. The summed E-state index contributed by atoms with van der Waals surface area (Å²) in [7, 11) is 0. The third-order valence-corrected chi connectivity index (χ3v) is 3.32. The molecule has 0 aliphatic heterocycles. The summed E-state index contributed by atoms with van der Waals surface area (Å²) in [6, 6.07) is 10.7. The van der Waals surface area contributed by atoms with Gasteiger partial charge >= 0.3 is 0 Å². The number of hydrogen-bond donors (Lipinski definition) is 2. The van der Waals surface area contributed by atoms with E-state index in [0.29, 0.717) is 33.9 Å². The van der Waals surface area contributed by atoms with Crippen LogP contribution in [0.15, 0.2) is 40.8 Å². The van der Waals surface area contributed by atoms with Crippen LogP contribution in [0.25, 0.3) is 11.1 Å². The number of nitrogens with one attached hydrogen (secondary N) is 1. The van der Waals surface area contributed by atoms with E-state index in [4.69, 9.17) is 10.2 Å². The second-order valence-electron chi connectivity index (χ2n) is 4.91. The van der Waals surface area contributed by atoms with E-state index in [-0.39, 0.29) is 5.91 Å². The molecule has 3 aromatic rings. The number of oxazole rings is 1. The van der Waals surface area contributed by atoms with Crippen molar-refractivity contribution in [3.05, 3.63) is 53.4 Å². The van der Waals surface area contributed by atoms with Gasteiger partial charge < -0.3 is 15.5 Å². The van der Waals surface area contributed by atoms with Crippen LogP contribution < -0.4 is 11.1 Å². The number of aromatic nitrogens is 1. The molecule has 1 aromatic heterocycles. The first-order valence-electron chi connectivity index (χ1n) is 6.58. The Morgan fingerprint density at radius 2 is 2.05 bits per heavy atom. The van der Waals surface area contributed by atoms with Crippen LogP contribution in [0, 0.1) is 13.8 Å². The van der Waals surface area contributed by atoms with Crippen molar-refractivity contribution in [2.75, 3.05) is 11.1 Å². The minimum atomic E-state index is -0.240. The third-order valence-electron chi connectivity index (χ3n) is 3.32. The Labute approximate surface area is 121 Å². The van der Waals surface area contributed by atoms with E-state index in [9.17, 15) is 4.79 Å². The molecule has 3 rings (SSSR count). The molecule has 2 aromatic carbocycles. The van der Waals surface area contributed by atoms with Crippen LogP contribution >= 0.6 is 0 Å². The van der Waals surface area contributed by atoms with Gasteiger partial charge in [-0.2, -0.15) is 0 Å². The van der Waals surface area contributed by atoms with Crippen molar-refractivity contribution in [1.29, 1.82) is 0 Å². The molecule has 1 heterocycles. The fourth-order valence-corrected chi connectivity index (χ4v) is 2.20. The van der Waals surface area contributed by atoms with E-state index in [1.807, 2.05) is 19.1 Å². The number of amides is 1. The maximum Gasteiger partial charge on any atom is 0.257 e. The zero-order valence-corrected chi connectivity index (χ0v) is 11.8. The smallest absolute Gasteiger partial charge is 0.257 e. The van der Waals surface area contributed by atoms with Crippen molar-refractivity contribution in [3.63, 3.8) is 0 Å². The van der Waals surface area contributed by atoms with Crippen molar-refractivity contribution in [2.24, 2.45) is 0 Å². The van der Waals surface area contributed by atoms with Gasteiger partial charge in [0, 0.05) is 18.3 Å². The monoisotopic (exact) mass is 281 g/mol. The van der Waals surface area contributed by atoms with Crippen LogP contribution in [0.3, 0.4) is 0 Å². The third kappa shape index (κ3) is 2.45. The molecule has 0 unspecified atom stereocenters. The second-order valence-corrected chi connectivity index (χ2v) is 4.91. The molecule has 0 saturated heterocycles. The van der Waals surface area contributed by atoms with Crippen LogP contribution in [0.1, 0.15) is 21.8 Å². The first kappa shape index (κ1) is 13.2. The lowest BCUT2D eigenvalue weighted by Crippen LogP contribution is -2.14. The number of benzene rings is 2. The molecule has 1 amide bonds. The van der Waals surface area contributed by atoms with Crippen LogP contribution in [-0.4, -0.2) is 10.9 Å². The zero-order valence-electron chi connectivity index (χ0n) is 11.8. The summed E-state index contributed by atoms with van der Waals surface area (Å²) in [5.41, 5.74) is 9.84. The summed E-state index contributed by atoms with van der Waals surface area (Å²) in [4.78, 5) is 16.5. The van der Waals surface area contributed by atoms with Gasteiger partial charge in [0.2, 0.25) is 0 Å². The molecule has 0 aliphatic rings. The quantitative estimate of drug-likeness (QED) is 0.706. The molecule has 0 spiro atoms. The summed E-state index contributed by atoms with van der Waals surface area (Å²) in [5.74, 6) is 0.354. The molecule has 0 atom stereocenters. The van der Waals surface area contributed by atoms with E-state index >= 15 is 0 Å². The van der Waals surface area contributed by atoms with Crippen LogP contribution in [-0.2, 0) is 0 Å². The Balaban J connectivity index is 1.90. The van der Waals surface area contributed by atoms with Crippen molar-refractivity contribution >= 4 is 28.4 Å². The van der Waals surface area contributed by atoms with E-state index in [0.717, 1.165) is 5.56 Å². The fourth-order valence-electron chi connectivity index (χ4n) is 2.20. The van der Waals surface area contributed by atoms with E-state index in [1.54, 1.807) is 31.2 Å². The van der Waals surface area contributed by atoms with Crippen molar-refractivity contribution in [2.45, 2.75) is 13.8 Å². The van der Waals surface area contributed by atoms with Gasteiger partial charge in [-0.3, -0.25) is 4.79 Å². The Morgan fingerprint density at radius 1 is 1.24 bits per heavy atom. The zero-order chi connectivity index (χ0) is 15.0. The summed E-state index contributed by atoms with van der Waals surface area (Å²) < 4.78 is 5.40. The molecule has 0 radical (unpaired) electrons. The number of hydrogen-bond acceptors (Lipinski definition) is 4. The van der Waals surface area contributed by atoms with Gasteiger partial charge in [-0.05, 0) is 36.8 Å².